The lowest BCUT2D eigenvalue weighted by Crippen LogP contribution is -2.54. The van der Waals surface area contributed by atoms with Crippen LogP contribution in [-0.2, 0) is 0 Å². The van der Waals surface area contributed by atoms with Crippen LogP contribution >= 0.6 is 0 Å². The van der Waals surface area contributed by atoms with Crippen LogP contribution in [0.3, 0.4) is 0 Å². The Morgan fingerprint density at radius 1 is 0.444 bits per heavy atom. The molecule has 0 atom stereocenters. The van der Waals surface area contributed by atoms with Crippen molar-refractivity contribution in [3.8, 4) is 0 Å². The summed E-state index contributed by atoms with van der Waals surface area (Å²) >= 11 is 0. The van der Waals surface area contributed by atoms with Gasteiger partial charge < -0.3 is 4.90 Å². The van der Waals surface area contributed by atoms with Gasteiger partial charge in [0.1, 0.15) is 0 Å². The lowest BCUT2D eigenvalue weighted by molar-refractivity contribution is 0.00256. The number of unbranched alkanes of at least 4 members (excludes halogenated alkanes) is 19. The Morgan fingerprint density at radius 3 is 1.14 bits per heavy atom. The van der Waals surface area contributed by atoms with Gasteiger partial charge in [0, 0.05) is 13.1 Å². The molecule has 0 saturated carbocycles. The average molecular weight is 502 g/mol. The van der Waals surface area contributed by atoms with Gasteiger partial charge >= 0.3 is 0 Å². The van der Waals surface area contributed by atoms with Gasteiger partial charge in [0.2, 0.25) is 0 Å². The van der Waals surface area contributed by atoms with Crippen molar-refractivity contribution in [2.75, 3.05) is 20.1 Å². The lowest BCUT2D eigenvalue weighted by Gasteiger charge is -2.49. The fourth-order valence-corrected chi connectivity index (χ4v) is 6.15. The first-order valence-electron chi connectivity index (χ1n) is 16.7. The SMILES string of the molecule is CCCCC/C=C/CCCCCCCCC1(CCCCCCCC/C=C\CCCCCC)CN(C)C1. The van der Waals surface area contributed by atoms with Gasteiger partial charge in [-0.05, 0) is 76.7 Å². The van der Waals surface area contributed by atoms with Crippen molar-refractivity contribution in [1.82, 2.24) is 4.90 Å². The molecule has 0 aromatic heterocycles. The van der Waals surface area contributed by atoms with E-state index in [0.29, 0.717) is 5.41 Å². The Bertz CT molecular complexity index is 499. The van der Waals surface area contributed by atoms with Gasteiger partial charge in [0.25, 0.3) is 0 Å². The third-order valence-corrected chi connectivity index (χ3v) is 8.40. The normalized spacial score (nSPS) is 15.9. The summed E-state index contributed by atoms with van der Waals surface area (Å²) < 4.78 is 0. The van der Waals surface area contributed by atoms with Crippen molar-refractivity contribution in [2.45, 2.75) is 174 Å². The molecule has 1 aliphatic rings. The molecule has 212 valence electrons. The molecule has 0 unspecified atom stereocenters. The molecule has 0 amide bonds. The van der Waals surface area contributed by atoms with Crippen molar-refractivity contribution in [3.05, 3.63) is 24.3 Å². The highest BCUT2D eigenvalue weighted by molar-refractivity contribution is 4.93. The molecule has 0 N–H and O–H groups in total. The maximum absolute atomic E-state index is 2.55. The first-order chi connectivity index (χ1) is 17.7. The van der Waals surface area contributed by atoms with Gasteiger partial charge in [-0.1, -0.05) is 134 Å². The number of hydrogen-bond acceptors (Lipinski definition) is 1. The standard InChI is InChI=1S/C35H67N/c1-4-6-8-10-12-14-16-18-20-22-24-26-28-30-32-35(33-36(3)34-35)31-29-27-25-23-21-19-17-15-13-11-9-7-5-2/h13-16H,4-12,17-34H2,1-3H3/b15-13+,16-14-. The second-order valence-corrected chi connectivity index (χ2v) is 12.3. The van der Waals surface area contributed by atoms with Crippen molar-refractivity contribution < 1.29 is 0 Å². The van der Waals surface area contributed by atoms with Gasteiger partial charge in [0.05, 0.1) is 0 Å². The Morgan fingerprint density at radius 2 is 0.750 bits per heavy atom. The molecule has 0 bridgehead atoms. The minimum Gasteiger partial charge on any atom is -0.305 e. The second-order valence-electron chi connectivity index (χ2n) is 12.3. The molecule has 1 heterocycles. The molecule has 1 aliphatic heterocycles. The first-order valence-corrected chi connectivity index (χ1v) is 16.7. The summed E-state index contributed by atoms with van der Waals surface area (Å²) in [7, 11) is 2.32. The van der Waals surface area contributed by atoms with E-state index in [1.54, 1.807) is 0 Å². The average Bonchev–Trinajstić information content (AvgIpc) is 2.86. The molecule has 1 rings (SSSR count). The molecule has 0 spiro atoms. The Labute approximate surface area is 229 Å². The van der Waals surface area contributed by atoms with Crippen LogP contribution in [0, 0.1) is 5.41 Å². The van der Waals surface area contributed by atoms with E-state index >= 15 is 0 Å². The highest BCUT2D eigenvalue weighted by atomic mass is 15.2. The summed E-state index contributed by atoms with van der Waals surface area (Å²) in [5, 5.41) is 0. The predicted molar refractivity (Wildman–Crippen MR) is 165 cm³/mol. The maximum Gasteiger partial charge on any atom is 0.00474 e. The van der Waals surface area contributed by atoms with Crippen LogP contribution in [0.1, 0.15) is 174 Å². The van der Waals surface area contributed by atoms with Gasteiger partial charge in [-0.15, -0.1) is 0 Å². The second kappa shape index (κ2) is 24.8. The van der Waals surface area contributed by atoms with Crippen molar-refractivity contribution in [3.63, 3.8) is 0 Å². The monoisotopic (exact) mass is 502 g/mol. The third kappa shape index (κ3) is 19.5. The fraction of sp³-hybridized carbons (Fsp3) is 0.886. The minimum absolute atomic E-state index is 0.680. The van der Waals surface area contributed by atoms with Crippen molar-refractivity contribution >= 4 is 0 Å². The molecule has 0 aromatic rings. The Hall–Kier alpha value is -0.560. The zero-order chi connectivity index (χ0) is 26.0. The Balaban J connectivity index is 1.92. The summed E-state index contributed by atoms with van der Waals surface area (Å²) in [6, 6.07) is 0. The van der Waals surface area contributed by atoms with E-state index < -0.39 is 0 Å². The molecule has 1 heteroatoms. The topological polar surface area (TPSA) is 3.24 Å². The maximum atomic E-state index is 2.55. The summed E-state index contributed by atoms with van der Waals surface area (Å²) in [5.41, 5.74) is 0.680. The highest BCUT2D eigenvalue weighted by Gasteiger charge is 2.39. The summed E-state index contributed by atoms with van der Waals surface area (Å²) in [5.74, 6) is 0. The summed E-state index contributed by atoms with van der Waals surface area (Å²) in [6.07, 6.45) is 44.9. The van der Waals surface area contributed by atoms with Crippen LogP contribution in [0.4, 0.5) is 0 Å². The van der Waals surface area contributed by atoms with Crippen molar-refractivity contribution in [2.24, 2.45) is 5.41 Å². The minimum atomic E-state index is 0.680. The molecule has 1 saturated heterocycles. The Kier molecular flexibility index (Phi) is 23.0. The zero-order valence-electron chi connectivity index (χ0n) is 25.3. The van der Waals surface area contributed by atoms with E-state index in [1.807, 2.05) is 0 Å². The molecule has 0 aliphatic carbocycles. The van der Waals surface area contributed by atoms with Crippen LogP contribution in [0.15, 0.2) is 24.3 Å². The summed E-state index contributed by atoms with van der Waals surface area (Å²) in [4.78, 5) is 2.55. The van der Waals surface area contributed by atoms with E-state index in [-0.39, 0.29) is 0 Å². The number of likely N-dealkylation sites (tertiary alicyclic amines) is 1. The van der Waals surface area contributed by atoms with E-state index in [4.69, 9.17) is 0 Å². The van der Waals surface area contributed by atoms with E-state index in [9.17, 15) is 0 Å². The predicted octanol–water partition coefficient (Wildman–Crippen LogP) is 11.8. The fourth-order valence-electron chi connectivity index (χ4n) is 6.15. The van der Waals surface area contributed by atoms with Crippen LogP contribution in [0.25, 0.3) is 0 Å². The molecular formula is C35H67N. The number of hydrogen-bond donors (Lipinski definition) is 0. The quantitative estimate of drug-likeness (QED) is 0.0798. The van der Waals surface area contributed by atoms with Crippen LogP contribution in [0.5, 0.6) is 0 Å². The molecule has 0 aromatic carbocycles. The van der Waals surface area contributed by atoms with E-state index in [2.05, 4.69) is 50.1 Å². The lowest BCUT2D eigenvalue weighted by atomic mass is 9.72. The molecule has 1 fully saturated rings. The molecule has 36 heavy (non-hydrogen) atoms. The van der Waals surface area contributed by atoms with Crippen LogP contribution < -0.4 is 0 Å². The van der Waals surface area contributed by atoms with Gasteiger partial charge in [-0.3, -0.25) is 0 Å². The van der Waals surface area contributed by atoms with Crippen LogP contribution in [0.2, 0.25) is 0 Å². The summed E-state index contributed by atoms with van der Waals surface area (Å²) in [6.45, 7) is 7.30. The molecule has 0 radical (unpaired) electrons. The number of nitrogens with zero attached hydrogens (tertiary/aromatic N) is 1. The molecule has 1 nitrogen and oxygen atoms in total. The zero-order valence-corrected chi connectivity index (χ0v) is 25.3. The van der Waals surface area contributed by atoms with Gasteiger partial charge in [0.15, 0.2) is 0 Å². The highest BCUT2D eigenvalue weighted by Crippen LogP contribution is 2.40. The number of allylic oxidation sites excluding steroid dienone is 4. The van der Waals surface area contributed by atoms with Crippen LogP contribution in [-0.4, -0.2) is 25.0 Å². The van der Waals surface area contributed by atoms with E-state index in [1.165, 1.54) is 174 Å². The molecular weight excluding hydrogens is 434 g/mol. The first kappa shape index (κ1) is 33.5. The number of rotatable bonds is 27. The smallest absolute Gasteiger partial charge is 0.00474 e. The largest absolute Gasteiger partial charge is 0.305 e. The van der Waals surface area contributed by atoms with Gasteiger partial charge in [-0.2, -0.15) is 0 Å². The van der Waals surface area contributed by atoms with Gasteiger partial charge in [-0.25, -0.2) is 0 Å². The third-order valence-electron chi connectivity index (χ3n) is 8.40. The van der Waals surface area contributed by atoms with Crippen molar-refractivity contribution in [1.29, 1.82) is 0 Å². The van der Waals surface area contributed by atoms with E-state index in [0.717, 1.165) is 0 Å².